The smallest absolute Gasteiger partial charge is 0.330 e. The number of ether oxygens (including phenoxy) is 1. The summed E-state index contributed by atoms with van der Waals surface area (Å²) in [6.07, 6.45) is 1.14. The Morgan fingerprint density at radius 3 is 2.63 bits per heavy atom. The second-order valence-corrected chi connectivity index (χ2v) is 4.08. The Bertz CT molecular complexity index is 627. The number of aromatic nitrogens is 2. The highest BCUT2D eigenvalue weighted by molar-refractivity contribution is 5.26. The third-order valence-electron chi connectivity index (χ3n) is 2.91. The number of nitrogens with zero attached hydrogens (tertiary/aromatic N) is 1. The predicted molar refractivity (Wildman–Crippen MR) is 62.3 cm³/mol. The molecule has 1 aliphatic heterocycles. The van der Waals surface area contributed by atoms with Gasteiger partial charge in [0.25, 0.3) is 5.56 Å². The first-order valence-electron chi connectivity index (χ1n) is 5.44. The fourth-order valence-electron chi connectivity index (χ4n) is 1.89. The molecule has 0 unspecified atom stereocenters. The lowest BCUT2D eigenvalue weighted by atomic mass is 10.1. The van der Waals surface area contributed by atoms with Gasteiger partial charge in [0.05, 0.1) is 6.61 Å². The minimum atomic E-state index is -1.42. The Balaban J connectivity index is 2.46. The zero-order chi connectivity index (χ0) is 14.2. The van der Waals surface area contributed by atoms with E-state index in [0.717, 1.165) is 10.8 Å². The summed E-state index contributed by atoms with van der Waals surface area (Å²) in [7, 11) is 0. The summed E-state index contributed by atoms with van der Waals surface area (Å²) in [5.74, 6) is 2.09. The number of aliphatic hydroxyl groups is 3. The van der Waals surface area contributed by atoms with E-state index < -0.39 is 42.4 Å². The molecule has 0 aromatic carbocycles. The minimum Gasteiger partial charge on any atom is -0.394 e. The number of terminal acetylenes is 1. The van der Waals surface area contributed by atoms with E-state index in [4.69, 9.17) is 16.3 Å². The number of rotatable bonds is 2. The Morgan fingerprint density at radius 2 is 2.11 bits per heavy atom. The summed E-state index contributed by atoms with van der Waals surface area (Å²) < 4.78 is 6.04. The third-order valence-corrected chi connectivity index (χ3v) is 2.91. The number of hydrogen-bond acceptors (Lipinski definition) is 6. The normalized spacial score (nSPS) is 30.2. The number of aliphatic hydroxyl groups excluding tert-OH is 3. The van der Waals surface area contributed by atoms with Gasteiger partial charge in [-0.2, -0.15) is 0 Å². The van der Waals surface area contributed by atoms with Gasteiger partial charge in [-0.15, -0.1) is 6.42 Å². The summed E-state index contributed by atoms with van der Waals surface area (Å²) in [4.78, 5) is 24.9. The minimum absolute atomic E-state index is 0.114. The van der Waals surface area contributed by atoms with Gasteiger partial charge in [-0.3, -0.25) is 14.3 Å². The van der Waals surface area contributed by atoms with Gasteiger partial charge in [0.1, 0.15) is 23.9 Å². The number of hydrogen-bond donors (Lipinski definition) is 4. The van der Waals surface area contributed by atoms with Crippen molar-refractivity contribution in [2.75, 3.05) is 6.61 Å². The monoisotopic (exact) mass is 270 g/mol. The maximum Gasteiger partial charge on any atom is 0.330 e. The molecule has 19 heavy (non-hydrogen) atoms. The molecule has 0 saturated carbocycles. The molecule has 1 aromatic rings. The van der Waals surface area contributed by atoms with Crippen molar-refractivity contribution in [3.05, 3.63) is 32.6 Å². The van der Waals surface area contributed by atoms with Gasteiger partial charge in [-0.25, -0.2) is 4.79 Å². The standard InChI is InChI=1S/C11H12N2O6/c1-2-5-3-13(11(18)12-9(5)17)10-8(16)7(15)6(4-14)19-10/h1,3,6-8,10,14-16H,4H2,(H,12,17,18)/t6-,7+,8+,10-/m1/s1/i1+1,2+1. The van der Waals surface area contributed by atoms with Gasteiger partial charge in [0, 0.05) is 6.20 Å². The number of H-pyrrole nitrogens is 1. The maximum atomic E-state index is 11.6. The van der Waals surface area contributed by atoms with Crippen molar-refractivity contribution in [1.29, 1.82) is 0 Å². The molecular formula is C11H12N2O6. The first-order chi connectivity index (χ1) is 8.99. The highest BCUT2D eigenvalue weighted by Crippen LogP contribution is 2.27. The number of aromatic amines is 1. The van der Waals surface area contributed by atoms with Crippen molar-refractivity contribution in [3.63, 3.8) is 0 Å². The molecule has 0 amide bonds. The Hall–Kier alpha value is -1.92. The molecule has 1 aromatic heterocycles. The second kappa shape index (κ2) is 4.99. The summed E-state index contributed by atoms with van der Waals surface area (Å²) in [5, 5.41) is 28.3. The Kier molecular flexibility index (Phi) is 3.55. The average Bonchev–Trinajstić information content (AvgIpc) is 2.67. The summed E-state index contributed by atoms with van der Waals surface area (Å²) in [6, 6.07) is 0. The molecule has 8 heteroatoms. The van der Waals surface area contributed by atoms with E-state index in [1.807, 2.05) is 4.98 Å². The van der Waals surface area contributed by atoms with Crippen LogP contribution >= 0.6 is 0 Å². The van der Waals surface area contributed by atoms with Crippen molar-refractivity contribution in [2.45, 2.75) is 24.5 Å². The Morgan fingerprint density at radius 1 is 1.42 bits per heavy atom. The van der Waals surface area contributed by atoms with E-state index in [9.17, 15) is 19.8 Å². The van der Waals surface area contributed by atoms with Crippen molar-refractivity contribution < 1.29 is 20.1 Å². The molecule has 0 spiro atoms. The predicted octanol–water partition coefficient (Wildman–Crippen LogP) is -2.87. The van der Waals surface area contributed by atoms with Crippen molar-refractivity contribution in [1.82, 2.24) is 9.55 Å². The summed E-state index contributed by atoms with van der Waals surface area (Å²) in [6.45, 7) is -0.519. The van der Waals surface area contributed by atoms with Crippen LogP contribution in [-0.2, 0) is 4.74 Å². The third kappa shape index (κ3) is 2.20. The Labute approximate surface area is 106 Å². The molecule has 2 heterocycles. The highest BCUT2D eigenvalue weighted by atomic mass is 16.6. The van der Waals surface area contributed by atoms with Gasteiger partial charge in [-0.1, -0.05) is 5.92 Å². The van der Waals surface area contributed by atoms with Crippen molar-refractivity contribution in [2.24, 2.45) is 0 Å². The zero-order valence-electron chi connectivity index (χ0n) is 9.68. The van der Waals surface area contributed by atoms with E-state index in [0.29, 0.717) is 0 Å². The molecule has 2 rings (SSSR count). The van der Waals surface area contributed by atoms with Crippen LogP contribution in [0, 0.1) is 12.3 Å². The van der Waals surface area contributed by atoms with Crippen LogP contribution < -0.4 is 11.2 Å². The zero-order valence-corrected chi connectivity index (χ0v) is 9.68. The molecule has 1 saturated heterocycles. The second-order valence-electron chi connectivity index (χ2n) is 4.08. The largest absolute Gasteiger partial charge is 0.394 e. The van der Waals surface area contributed by atoms with E-state index in [1.54, 1.807) is 0 Å². The van der Waals surface area contributed by atoms with Crippen LogP contribution in [0.4, 0.5) is 0 Å². The first kappa shape index (κ1) is 13.5. The van der Waals surface area contributed by atoms with Gasteiger partial charge in [-0.05, 0) is 0 Å². The van der Waals surface area contributed by atoms with Crippen LogP contribution in [0.25, 0.3) is 0 Å². The van der Waals surface area contributed by atoms with Gasteiger partial charge < -0.3 is 20.1 Å². The van der Waals surface area contributed by atoms with Crippen molar-refractivity contribution >= 4 is 0 Å². The van der Waals surface area contributed by atoms with E-state index in [-0.39, 0.29) is 5.56 Å². The van der Waals surface area contributed by atoms with Crippen LogP contribution in [0.5, 0.6) is 0 Å². The van der Waals surface area contributed by atoms with Gasteiger partial charge >= 0.3 is 5.69 Å². The van der Waals surface area contributed by atoms with Crippen molar-refractivity contribution in [3.8, 4) is 12.3 Å². The van der Waals surface area contributed by atoms with Crippen LogP contribution in [0.15, 0.2) is 15.8 Å². The fourth-order valence-corrected chi connectivity index (χ4v) is 1.89. The molecule has 4 atom stereocenters. The molecule has 8 nitrogen and oxygen atoms in total. The molecular weight excluding hydrogens is 258 g/mol. The van der Waals surface area contributed by atoms with Gasteiger partial charge in [0.2, 0.25) is 0 Å². The first-order valence-corrected chi connectivity index (χ1v) is 5.44. The van der Waals surface area contributed by atoms with E-state index >= 15 is 0 Å². The summed E-state index contributed by atoms with van der Waals surface area (Å²) in [5.41, 5.74) is -1.67. The molecule has 1 aliphatic rings. The highest BCUT2D eigenvalue weighted by Gasteiger charge is 2.43. The molecule has 1 fully saturated rings. The van der Waals surface area contributed by atoms with Crippen LogP contribution in [0.3, 0.4) is 0 Å². The number of nitrogens with one attached hydrogen (secondary N) is 1. The topological polar surface area (TPSA) is 125 Å². The maximum absolute atomic E-state index is 11.6. The average molecular weight is 270 g/mol. The lowest BCUT2D eigenvalue weighted by Gasteiger charge is -2.17. The lowest BCUT2D eigenvalue weighted by molar-refractivity contribution is -0.0550. The molecule has 0 radical (unpaired) electrons. The molecule has 0 bridgehead atoms. The van der Waals surface area contributed by atoms with Crippen LogP contribution in [0.2, 0.25) is 0 Å². The SMILES string of the molecule is [13CH]#[13C]c1cn([C@@H]2O[C@H](CO)[C@H](O)[C@@H]2O)c(=O)[nH]c1=O. The molecule has 4 N–H and O–H groups in total. The van der Waals surface area contributed by atoms with Crippen LogP contribution in [-0.4, -0.2) is 49.8 Å². The van der Waals surface area contributed by atoms with Crippen LogP contribution in [0.1, 0.15) is 11.8 Å². The van der Waals surface area contributed by atoms with Gasteiger partial charge in [0.15, 0.2) is 6.23 Å². The molecule has 102 valence electrons. The molecule has 0 aliphatic carbocycles. The van der Waals surface area contributed by atoms with E-state index in [1.165, 1.54) is 0 Å². The quantitative estimate of drug-likeness (QED) is 0.338. The summed E-state index contributed by atoms with van der Waals surface area (Å²) >= 11 is 0. The van der Waals surface area contributed by atoms with E-state index in [2.05, 4.69) is 5.92 Å². The fraction of sp³-hybridized carbons (Fsp3) is 0.455. The lowest BCUT2D eigenvalue weighted by Crippen LogP contribution is -2.38.